The fraction of sp³-hybridized carbons (Fsp3) is 0.208. The summed E-state index contributed by atoms with van der Waals surface area (Å²) in [4.78, 5) is 12.9. The highest BCUT2D eigenvalue weighted by atomic mass is 19.1. The molecular weight excluding hydrogens is 425 g/mol. The second-order valence-electron chi connectivity index (χ2n) is 7.56. The molecular formula is C24H20FN5O3. The van der Waals surface area contributed by atoms with E-state index in [1.54, 1.807) is 12.1 Å². The molecule has 4 atom stereocenters. The minimum absolute atomic E-state index is 0.182. The van der Waals surface area contributed by atoms with Crippen LogP contribution in [0.25, 0.3) is 11.2 Å². The van der Waals surface area contributed by atoms with Crippen LogP contribution in [0.2, 0.25) is 0 Å². The molecule has 0 spiro atoms. The molecule has 166 valence electrons. The van der Waals surface area contributed by atoms with Crippen molar-refractivity contribution in [2.45, 2.75) is 31.1 Å². The first-order chi connectivity index (χ1) is 16.1. The van der Waals surface area contributed by atoms with E-state index in [9.17, 15) is 14.6 Å². The molecule has 8 nitrogen and oxygen atoms in total. The molecule has 4 aromatic rings. The molecule has 1 saturated heterocycles. The highest BCUT2D eigenvalue weighted by Gasteiger charge is 2.43. The lowest BCUT2D eigenvalue weighted by Crippen LogP contribution is -2.30. The van der Waals surface area contributed by atoms with E-state index in [4.69, 9.17) is 4.74 Å². The number of anilines is 1. The van der Waals surface area contributed by atoms with Gasteiger partial charge in [-0.1, -0.05) is 54.3 Å². The summed E-state index contributed by atoms with van der Waals surface area (Å²) in [6.07, 6.45) is -1.69. The lowest BCUT2D eigenvalue weighted by atomic mass is 10.1. The van der Waals surface area contributed by atoms with Gasteiger partial charge in [-0.25, -0.2) is 19.3 Å². The minimum atomic E-state index is -1.29. The number of nitrogens with zero attached hydrogens (tertiary/aromatic N) is 4. The number of aliphatic hydroxyl groups excluding tert-OH is 2. The zero-order valence-corrected chi connectivity index (χ0v) is 17.3. The van der Waals surface area contributed by atoms with Gasteiger partial charge in [0.1, 0.15) is 30.5 Å². The van der Waals surface area contributed by atoms with Crippen LogP contribution in [0.5, 0.6) is 0 Å². The Hall–Kier alpha value is -3.84. The molecule has 0 saturated carbocycles. The van der Waals surface area contributed by atoms with E-state index in [2.05, 4.69) is 32.1 Å². The summed E-state index contributed by atoms with van der Waals surface area (Å²) in [6.45, 7) is 0.550. The van der Waals surface area contributed by atoms with Crippen LogP contribution in [0.15, 0.2) is 67.3 Å². The lowest BCUT2D eigenvalue weighted by molar-refractivity contribution is -0.0230. The number of aliphatic hydroxyl groups is 2. The number of ether oxygens (including phenoxy) is 1. The number of aromatic nitrogens is 4. The number of benzene rings is 2. The van der Waals surface area contributed by atoms with Gasteiger partial charge >= 0.3 is 0 Å². The third kappa shape index (κ3) is 4.15. The second-order valence-corrected chi connectivity index (χ2v) is 7.56. The Labute approximate surface area is 188 Å². The van der Waals surface area contributed by atoms with Crippen molar-refractivity contribution in [2.24, 2.45) is 0 Å². The van der Waals surface area contributed by atoms with Gasteiger partial charge in [0.25, 0.3) is 0 Å². The second kappa shape index (κ2) is 8.96. The molecule has 33 heavy (non-hydrogen) atoms. The molecule has 2 aromatic carbocycles. The zero-order chi connectivity index (χ0) is 22.8. The van der Waals surface area contributed by atoms with E-state index >= 15 is 0 Å². The van der Waals surface area contributed by atoms with Crippen LogP contribution in [0.1, 0.15) is 17.4 Å². The molecule has 1 aliphatic rings. The van der Waals surface area contributed by atoms with Gasteiger partial charge in [0.15, 0.2) is 23.2 Å². The van der Waals surface area contributed by atoms with Crippen molar-refractivity contribution in [3.05, 3.63) is 84.2 Å². The molecule has 0 amide bonds. The Morgan fingerprint density at radius 1 is 1.00 bits per heavy atom. The summed E-state index contributed by atoms with van der Waals surface area (Å²) in [5.41, 5.74) is 2.19. The van der Waals surface area contributed by atoms with Crippen molar-refractivity contribution < 1.29 is 19.3 Å². The number of hydrogen-bond acceptors (Lipinski definition) is 7. The standard InChI is InChI=1S/C24H20FN5O3/c25-17-9-5-4-8-16(17)10-11-18-20(31)21(32)24(33-18)30-14-29-19-22(27-13-28-23(19)30)26-12-15-6-2-1-3-7-15/h1-9,13-14,18,20-21,24,31-32H,12H2,(H,26,27,28)/t18-,20-,21-,24-/m1/s1. The first-order valence-electron chi connectivity index (χ1n) is 10.3. The fourth-order valence-electron chi connectivity index (χ4n) is 3.67. The van der Waals surface area contributed by atoms with E-state index in [1.165, 1.54) is 29.4 Å². The first kappa shape index (κ1) is 21.0. The van der Waals surface area contributed by atoms with Crippen LogP contribution in [-0.4, -0.2) is 48.0 Å². The number of imidazole rings is 1. The van der Waals surface area contributed by atoms with Gasteiger partial charge in [0.2, 0.25) is 0 Å². The molecule has 9 heteroatoms. The topological polar surface area (TPSA) is 105 Å². The zero-order valence-electron chi connectivity index (χ0n) is 17.3. The molecule has 2 aromatic heterocycles. The number of rotatable bonds is 4. The van der Waals surface area contributed by atoms with Crippen molar-refractivity contribution in [3.63, 3.8) is 0 Å². The molecule has 1 fully saturated rings. The molecule has 5 rings (SSSR count). The summed E-state index contributed by atoms with van der Waals surface area (Å²) < 4.78 is 21.2. The maximum atomic E-state index is 13.8. The van der Waals surface area contributed by atoms with Crippen molar-refractivity contribution in [2.75, 3.05) is 5.32 Å². The van der Waals surface area contributed by atoms with Crippen LogP contribution < -0.4 is 5.32 Å². The Morgan fingerprint density at radius 3 is 2.61 bits per heavy atom. The predicted octanol–water partition coefficient (Wildman–Crippen LogP) is 2.25. The highest BCUT2D eigenvalue weighted by Crippen LogP contribution is 2.32. The maximum Gasteiger partial charge on any atom is 0.167 e. The molecule has 1 aliphatic heterocycles. The number of nitrogens with one attached hydrogen (secondary N) is 1. The molecule has 0 bridgehead atoms. The third-order valence-electron chi connectivity index (χ3n) is 5.40. The molecule has 3 heterocycles. The number of hydrogen-bond donors (Lipinski definition) is 3. The quantitative estimate of drug-likeness (QED) is 0.414. The van der Waals surface area contributed by atoms with E-state index in [0.717, 1.165) is 5.56 Å². The largest absolute Gasteiger partial charge is 0.386 e. The van der Waals surface area contributed by atoms with Gasteiger partial charge < -0.3 is 20.3 Å². The smallest absolute Gasteiger partial charge is 0.167 e. The van der Waals surface area contributed by atoms with Gasteiger partial charge in [0.05, 0.1) is 11.9 Å². The Morgan fingerprint density at radius 2 is 1.79 bits per heavy atom. The van der Waals surface area contributed by atoms with Crippen LogP contribution >= 0.6 is 0 Å². The SMILES string of the molecule is O[C@@H]1[C@H](O)[C@@H](C#Cc2ccccc2F)O[C@H]1n1cnc2c(NCc3ccccc3)ncnc21. The Balaban J connectivity index is 1.38. The monoisotopic (exact) mass is 445 g/mol. The van der Waals surface area contributed by atoms with Crippen LogP contribution in [0.3, 0.4) is 0 Å². The van der Waals surface area contributed by atoms with Gasteiger partial charge in [-0.05, 0) is 17.7 Å². The van der Waals surface area contributed by atoms with Crippen LogP contribution in [-0.2, 0) is 11.3 Å². The van der Waals surface area contributed by atoms with Crippen LogP contribution in [0.4, 0.5) is 10.2 Å². The molecule has 0 unspecified atom stereocenters. The average molecular weight is 445 g/mol. The van der Waals surface area contributed by atoms with Crippen molar-refractivity contribution in [3.8, 4) is 11.8 Å². The van der Waals surface area contributed by atoms with Gasteiger partial charge in [-0.15, -0.1) is 0 Å². The van der Waals surface area contributed by atoms with E-state index in [-0.39, 0.29) is 5.56 Å². The predicted molar refractivity (Wildman–Crippen MR) is 118 cm³/mol. The van der Waals surface area contributed by atoms with Crippen molar-refractivity contribution in [1.82, 2.24) is 19.5 Å². The van der Waals surface area contributed by atoms with Crippen LogP contribution in [0, 0.1) is 17.7 Å². The normalized spacial score (nSPS) is 22.2. The summed E-state index contributed by atoms with van der Waals surface area (Å²) in [5.74, 6) is 5.44. The van der Waals surface area contributed by atoms with Crippen molar-refractivity contribution in [1.29, 1.82) is 0 Å². The highest BCUT2D eigenvalue weighted by molar-refractivity contribution is 5.82. The van der Waals surface area contributed by atoms with Gasteiger partial charge in [0, 0.05) is 6.54 Å². The first-order valence-corrected chi connectivity index (χ1v) is 10.3. The summed E-state index contributed by atoms with van der Waals surface area (Å²) in [6, 6.07) is 15.9. The Bertz CT molecular complexity index is 1330. The molecule has 3 N–H and O–H groups in total. The van der Waals surface area contributed by atoms with Gasteiger partial charge in [-0.2, -0.15) is 0 Å². The Kier molecular flexibility index (Phi) is 5.71. The minimum Gasteiger partial charge on any atom is -0.386 e. The summed E-state index contributed by atoms with van der Waals surface area (Å²) >= 11 is 0. The maximum absolute atomic E-state index is 13.8. The number of fused-ring (bicyclic) bond motifs is 1. The van der Waals surface area contributed by atoms with E-state index < -0.39 is 30.4 Å². The van der Waals surface area contributed by atoms with Crippen molar-refractivity contribution >= 4 is 17.0 Å². The number of halogens is 1. The third-order valence-corrected chi connectivity index (χ3v) is 5.40. The average Bonchev–Trinajstić information content (AvgIpc) is 3.39. The van der Waals surface area contributed by atoms with Gasteiger partial charge in [-0.3, -0.25) is 4.57 Å². The van der Waals surface area contributed by atoms with E-state index in [0.29, 0.717) is 23.5 Å². The lowest BCUT2D eigenvalue weighted by Gasteiger charge is -2.16. The summed E-state index contributed by atoms with van der Waals surface area (Å²) in [7, 11) is 0. The summed E-state index contributed by atoms with van der Waals surface area (Å²) in [5, 5.41) is 24.3. The fourth-order valence-corrected chi connectivity index (χ4v) is 3.67. The van der Waals surface area contributed by atoms with E-state index in [1.807, 2.05) is 30.3 Å². The molecule has 0 radical (unpaired) electrons. The molecule has 0 aliphatic carbocycles.